The zero-order valence-corrected chi connectivity index (χ0v) is 15.9. The molecule has 0 atom stereocenters. The first-order chi connectivity index (χ1) is 12.2. The van der Waals surface area contributed by atoms with E-state index in [1.165, 1.54) is 11.8 Å². The maximum Gasteiger partial charge on any atom is 0.220 e. The summed E-state index contributed by atoms with van der Waals surface area (Å²) in [6, 6.07) is 0. The van der Waals surface area contributed by atoms with E-state index in [2.05, 4.69) is 25.7 Å². The molecule has 0 aliphatic heterocycles. The van der Waals surface area contributed by atoms with E-state index in [0.29, 0.717) is 44.4 Å². The predicted molar refractivity (Wildman–Crippen MR) is 100 cm³/mol. The van der Waals surface area contributed by atoms with Crippen LogP contribution < -0.4 is 10.6 Å². The summed E-state index contributed by atoms with van der Waals surface area (Å²) < 4.78 is 7.15. The van der Waals surface area contributed by atoms with E-state index in [-0.39, 0.29) is 5.91 Å². The molecule has 9 heteroatoms. The Bertz CT molecular complexity index is 691. The first kappa shape index (κ1) is 19.5. The first-order valence-electron chi connectivity index (χ1n) is 8.55. The Morgan fingerprint density at radius 3 is 2.88 bits per heavy atom. The Kier molecular flexibility index (Phi) is 7.93. The monoisotopic (exact) mass is 366 g/mol. The Balaban J connectivity index is 2.10. The van der Waals surface area contributed by atoms with Crippen LogP contribution >= 0.6 is 11.8 Å². The molecule has 2 rings (SSSR count). The number of hydrogen-bond donors (Lipinski definition) is 2. The van der Waals surface area contributed by atoms with Crippen molar-refractivity contribution in [2.75, 3.05) is 37.9 Å². The van der Waals surface area contributed by atoms with Gasteiger partial charge in [-0.2, -0.15) is 5.10 Å². The van der Waals surface area contributed by atoms with Crippen LogP contribution in [0.3, 0.4) is 0 Å². The summed E-state index contributed by atoms with van der Waals surface area (Å²) in [7, 11) is 0. The van der Waals surface area contributed by atoms with Crippen LogP contribution in [0.2, 0.25) is 0 Å². The number of carbonyl (C=O) groups is 1. The fourth-order valence-corrected chi connectivity index (χ4v) is 2.69. The second-order valence-corrected chi connectivity index (χ2v) is 6.16. The van der Waals surface area contributed by atoms with E-state index in [9.17, 15) is 4.79 Å². The molecule has 0 saturated heterocycles. The molecular weight excluding hydrogens is 340 g/mol. The number of nitrogens with one attached hydrogen (secondary N) is 2. The summed E-state index contributed by atoms with van der Waals surface area (Å²) in [5.74, 6) is 0.826. The maximum atomic E-state index is 11.6. The zero-order valence-electron chi connectivity index (χ0n) is 15.0. The van der Waals surface area contributed by atoms with Crippen LogP contribution in [0.5, 0.6) is 0 Å². The third-order valence-corrected chi connectivity index (χ3v) is 4.07. The van der Waals surface area contributed by atoms with Crippen molar-refractivity contribution in [2.24, 2.45) is 0 Å². The minimum absolute atomic E-state index is 0.0664. The summed E-state index contributed by atoms with van der Waals surface area (Å²) >= 11 is 1.48. The number of hydrogen-bond acceptors (Lipinski definition) is 7. The summed E-state index contributed by atoms with van der Waals surface area (Å²) in [6.07, 6.45) is 5.09. The number of nitrogens with zero attached hydrogens (tertiary/aromatic N) is 4. The van der Waals surface area contributed by atoms with Crippen LogP contribution in [-0.4, -0.2) is 58.2 Å². The third-order valence-electron chi connectivity index (χ3n) is 3.52. The molecule has 0 aromatic carbocycles. The summed E-state index contributed by atoms with van der Waals surface area (Å²) in [5.41, 5.74) is 0.767. The molecular formula is C16H26N6O2S. The van der Waals surface area contributed by atoms with Gasteiger partial charge in [0.1, 0.15) is 5.82 Å². The molecule has 2 aromatic rings. The van der Waals surface area contributed by atoms with Gasteiger partial charge in [-0.3, -0.25) is 4.79 Å². The molecule has 0 spiro atoms. The van der Waals surface area contributed by atoms with Crippen LogP contribution in [0, 0.1) is 0 Å². The van der Waals surface area contributed by atoms with Gasteiger partial charge in [0.2, 0.25) is 5.91 Å². The smallest absolute Gasteiger partial charge is 0.220 e. The Hall–Kier alpha value is -1.87. The molecule has 8 nitrogen and oxygen atoms in total. The van der Waals surface area contributed by atoms with Crippen LogP contribution in [0.1, 0.15) is 26.7 Å². The van der Waals surface area contributed by atoms with Crippen LogP contribution in [0.15, 0.2) is 11.4 Å². The molecule has 2 aromatic heterocycles. The molecule has 138 valence electrons. The number of amides is 1. The van der Waals surface area contributed by atoms with E-state index in [4.69, 9.17) is 4.74 Å². The fourth-order valence-electron chi connectivity index (χ4n) is 2.33. The Morgan fingerprint density at radius 1 is 1.32 bits per heavy atom. The van der Waals surface area contributed by atoms with Crippen LogP contribution in [0.25, 0.3) is 11.0 Å². The predicted octanol–water partition coefficient (Wildman–Crippen LogP) is 1.91. The SMILES string of the molecule is CCCC(=O)NCCn1ncc2c(NCCOCC)nc(SC)nc21. The van der Waals surface area contributed by atoms with Gasteiger partial charge in [0.25, 0.3) is 0 Å². The largest absolute Gasteiger partial charge is 0.380 e. The number of ether oxygens (including phenoxy) is 1. The number of thioether (sulfide) groups is 1. The maximum absolute atomic E-state index is 11.6. The molecule has 0 radical (unpaired) electrons. The van der Waals surface area contributed by atoms with Crippen molar-refractivity contribution in [1.82, 2.24) is 25.1 Å². The second-order valence-electron chi connectivity index (χ2n) is 5.39. The van der Waals surface area contributed by atoms with Crippen molar-refractivity contribution in [3.63, 3.8) is 0 Å². The summed E-state index contributed by atoms with van der Waals surface area (Å²) in [5, 5.41) is 12.1. The lowest BCUT2D eigenvalue weighted by molar-refractivity contribution is -0.121. The minimum Gasteiger partial charge on any atom is -0.380 e. The van der Waals surface area contributed by atoms with Crippen molar-refractivity contribution in [3.8, 4) is 0 Å². The van der Waals surface area contributed by atoms with E-state index in [0.717, 1.165) is 23.3 Å². The molecule has 1 amide bonds. The molecule has 0 aliphatic carbocycles. The Labute approximate surface area is 152 Å². The number of rotatable bonds is 11. The van der Waals surface area contributed by atoms with Crippen LogP contribution in [-0.2, 0) is 16.1 Å². The molecule has 0 bridgehead atoms. The Morgan fingerprint density at radius 2 is 2.16 bits per heavy atom. The summed E-state index contributed by atoms with van der Waals surface area (Å²) in [4.78, 5) is 20.7. The van der Waals surface area contributed by atoms with Gasteiger partial charge < -0.3 is 15.4 Å². The van der Waals surface area contributed by atoms with Gasteiger partial charge in [0.15, 0.2) is 10.8 Å². The highest BCUT2D eigenvalue weighted by Gasteiger charge is 2.12. The lowest BCUT2D eigenvalue weighted by Crippen LogP contribution is -2.27. The quantitative estimate of drug-likeness (QED) is 0.356. The number of fused-ring (bicyclic) bond motifs is 1. The average Bonchev–Trinajstić information content (AvgIpc) is 3.02. The third kappa shape index (κ3) is 5.57. The van der Waals surface area contributed by atoms with E-state index < -0.39 is 0 Å². The minimum atomic E-state index is 0.0664. The number of anilines is 1. The lowest BCUT2D eigenvalue weighted by Gasteiger charge is -2.09. The van der Waals surface area contributed by atoms with Gasteiger partial charge in [-0.15, -0.1) is 0 Å². The van der Waals surface area contributed by atoms with Crippen molar-refractivity contribution in [2.45, 2.75) is 38.4 Å². The first-order valence-corrected chi connectivity index (χ1v) is 9.77. The fraction of sp³-hybridized carbons (Fsp3) is 0.625. The molecule has 0 fully saturated rings. The van der Waals surface area contributed by atoms with Crippen molar-refractivity contribution >= 4 is 34.5 Å². The molecule has 0 saturated carbocycles. The lowest BCUT2D eigenvalue weighted by atomic mass is 10.3. The van der Waals surface area contributed by atoms with Gasteiger partial charge in [0.05, 0.1) is 24.7 Å². The van der Waals surface area contributed by atoms with E-state index in [1.54, 1.807) is 10.9 Å². The molecule has 0 aliphatic rings. The van der Waals surface area contributed by atoms with Gasteiger partial charge in [-0.25, -0.2) is 14.6 Å². The van der Waals surface area contributed by atoms with E-state index >= 15 is 0 Å². The number of carbonyl (C=O) groups excluding carboxylic acids is 1. The van der Waals surface area contributed by atoms with Crippen molar-refractivity contribution in [1.29, 1.82) is 0 Å². The van der Waals surface area contributed by atoms with Gasteiger partial charge in [-0.05, 0) is 19.6 Å². The van der Waals surface area contributed by atoms with Crippen molar-refractivity contribution < 1.29 is 9.53 Å². The molecule has 2 N–H and O–H groups in total. The topological polar surface area (TPSA) is 94.0 Å². The highest BCUT2D eigenvalue weighted by molar-refractivity contribution is 7.98. The highest BCUT2D eigenvalue weighted by atomic mass is 32.2. The highest BCUT2D eigenvalue weighted by Crippen LogP contribution is 2.23. The molecule has 2 heterocycles. The van der Waals surface area contributed by atoms with E-state index in [1.807, 2.05) is 20.1 Å². The standard InChI is InChI=1S/C16H26N6O2S/c1-4-6-13(23)17-7-9-22-15-12(11-19-22)14(18-8-10-24-5-2)20-16(21-15)25-3/h11H,4-10H2,1-3H3,(H,17,23)(H,18,20,21). The van der Waals surface area contributed by atoms with Gasteiger partial charge in [0, 0.05) is 26.1 Å². The normalized spacial score (nSPS) is 11.0. The summed E-state index contributed by atoms with van der Waals surface area (Å²) in [6.45, 7) is 7.04. The van der Waals surface area contributed by atoms with Gasteiger partial charge in [-0.1, -0.05) is 18.7 Å². The second kappa shape index (κ2) is 10.2. The van der Waals surface area contributed by atoms with Gasteiger partial charge >= 0.3 is 0 Å². The average molecular weight is 366 g/mol. The molecule has 25 heavy (non-hydrogen) atoms. The zero-order chi connectivity index (χ0) is 18.1. The van der Waals surface area contributed by atoms with Crippen LogP contribution in [0.4, 0.5) is 5.82 Å². The number of aromatic nitrogens is 4. The van der Waals surface area contributed by atoms with Crippen molar-refractivity contribution in [3.05, 3.63) is 6.20 Å². The molecule has 0 unspecified atom stereocenters.